The lowest BCUT2D eigenvalue weighted by Gasteiger charge is -2.53. The Balaban J connectivity index is 1.60. The van der Waals surface area contributed by atoms with E-state index in [4.69, 9.17) is 4.74 Å². The quantitative estimate of drug-likeness (QED) is 0.712. The first-order chi connectivity index (χ1) is 8.67. The number of carbonyl (C=O) groups excluding carboxylic acids is 1. The molecule has 4 aliphatic rings. The normalized spacial score (nSPS) is 42.9. The van der Waals surface area contributed by atoms with Crippen LogP contribution in [0.15, 0.2) is 0 Å². The van der Waals surface area contributed by atoms with Crippen LogP contribution >= 0.6 is 0 Å². The molecule has 2 nitrogen and oxygen atoms in total. The van der Waals surface area contributed by atoms with Crippen LogP contribution in [-0.4, -0.2) is 12.6 Å². The van der Waals surface area contributed by atoms with E-state index in [1.807, 2.05) is 0 Å². The summed E-state index contributed by atoms with van der Waals surface area (Å²) in [6.45, 7) is 4.93. The van der Waals surface area contributed by atoms with Gasteiger partial charge in [-0.1, -0.05) is 20.3 Å². The number of hydrogen-bond donors (Lipinski definition) is 0. The Hall–Kier alpha value is -0.530. The Kier molecular flexibility index (Phi) is 3.38. The van der Waals surface area contributed by atoms with E-state index in [2.05, 4.69) is 13.8 Å². The van der Waals surface area contributed by atoms with E-state index in [0.29, 0.717) is 24.4 Å². The average Bonchev–Trinajstić information content (AvgIpc) is 2.34. The summed E-state index contributed by atoms with van der Waals surface area (Å²) >= 11 is 0. The first-order valence-corrected chi connectivity index (χ1v) is 7.84. The molecule has 0 spiro atoms. The smallest absolute Gasteiger partial charge is 0.309 e. The molecule has 0 amide bonds. The summed E-state index contributed by atoms with van der Waals surface area (Å²) in [5.74, 6) is 4.07. The predicted octanol–water partition coefficient (Wildman–Crippen LogP) is 3.65. The minimum Gasteiger partial charge on any atom is -0.465 e. The SMILES string of the molecule is CCC(C)COC(=O)C1C2CC3CC(C2)CC1C3. The summed E-state index contributed by atoms with van der Waals surface area (Å²) in [6.07, 6.45) is 7.75. The van der Waals surface area contributed by atoms with E-state index in [1.165, 1.54) is 32.1 Å². The Bertz CT molecular complexity index is 295. The highest BCUT2D eigenvalue weighted by Crippen LogP contribution is 2.56. The molecule has 0 heterocycles. The van der Waals surface area contributed by atoms with Crippen molar-refractivity contribution in [2.45, 2.75) is 52.4 Å². The molecule has 2 heteroatoms. The van der Waals surface area contributed by atoms with E-state index in [-0.39, 0.29) is 11.9 Å². The van der Waals surface area contributed by atoms with Gasteiger partial charge in [-0.15, -0.1) is 0 Å². The maximum atomic E-state index is 12.3. The van der Waals surface area contributed by atoms with Crippen molar-refractivity contribution in [1.82, 2.24) is 0 Å². The average molecular weight is 250 g/mol. The molecule has 0 aromatic rings. The van der Waals surface area contributed by atoms with E-state index < -0.39 is 0 Å². The van der Waals surface area contributed by atoms with Crippen LogP contribution in [-0.2, 0) is 9.53 Å². The molecule has 1 unspecified atom stereocenters. The Morgan fingerprint density at radius 3 is 2.17 bits per heavy atom. The van der Waals surface area contributed by atoms with Crippen LogP contribution < -0.4 is 0 Å². The molecule has 102 valence electrons. The monoisotopic (exact) mass is 250 g/mol. The molecule has 0 aromatic carbocycles. The molecule has 0 N–H and O–H groups in total. The van der Waals surface area contributed by atoms with Gasteiger partial charge in [0.05, 0.1) is 12.5 Å². The largest absolute Gasteiger partial charge is 0.465 e. The molecule has 4 bridgehead atoms. The van der Waals surface area contributed by atoms with Crippen LogP contribution in [0.4, 0.5) is 0 Å². The third-order valence-electron chi connectivity index (χ3n) is 5.71. The van der Waals surface area contributed by atoms with Crippen molar-refractivity contribution in [3.8, 4) is 0 Å². The Morgan fingerprint density at radius 2 is 1.67 bits per heavy atom. The second-order valence-corrected chi connectivity index (χ2v) is 7.10. The van der Waals surface area contributed by atoms with Crippen LogP contribution in [0, 0.1) is 35.5 Å². The predicted molar refractivity (Wildman–Crippen MR) is 70.9 cm³/mol. The van der Waals surface area contributed by atoms with Gasteiger partial charge in [0.15, 0.2) is 0 Å². The van der Waals surface area contributed by atoms with Gasteiger partial charge >= 0.3 is 5.97 Å². The first kappa shape index (κ1) is 12.5. The zero-order chi connectivity index (χ0) is 12.7. The van der Waals surface area contributed by atoms with E-state index in [1.54, 1.807) is 0 Å². The lowest BCUT2D eigenvalue weighted by atomic mass is 9.52. The van der Waals surface area contributed by atoms with Crippen molar-refractivity contribution >= 4 is 5.97 Å². The molecule has 4 saturated carbocycles. The number of ether oxygens (including phenoxy) is 1. The fraction of sp³-hybridized carbons (Fsp3) is 0.938. The number of esters is 1. The highest BCUT2D eigenvalue weighted by atomic mass is 16.5. The summed E-state index contributed by atoms with van der Waals surface area (Å²) in [4.78, 5) is 12.3. The van der Waals surface area contributed by atoms with Crippen molar-refractivity contribution < 1.29 is 9.53 Å². The lowest BCUT2D eigenvalue weighted by Crippen LogP contribution is -2.48. The maximum absolute atomic E-state index is 12.3. The van der Waals surface area contributed by atoms with E-state index in [0.717, 1.165) is 18.3 Å². The summed E-state index contributed by atoms with van der Waals surface area (Å²) < 4.78 is 5.58. The van der Waals surface area contributed by atoms with Crippen LogP contribution in [0.3, 0.4) is 0 Å². The van der Waals surface area contributed by atoms with Gasteiger partial charge in [0.2, 0.25) is 0 Å². The molecule has 0 aliphatic heterocycles. The van der Waals surface area contributed by atoms with Crippen LogP contribution in [0.25, 0.3) is 0 Å². The molecule has 4 rings (SSSR count). The number of hydrogen-bond acceptors (Lipinski definition) is 2. The fourth-order valence-corrected chi connectivity index (χ4v) is 4.75. The fourth-order valence-electron chi connectivity index (χ4n) is 4.75. The second-order valence-electron chi connectivity index (χ2n) is 7.10. The Labute approximate surface area is 110 Å². The van der Waals surface area contributed by atoms with Gasteiger partial charge in [-0.25, -0.2) is 0 Å². The van der Waals surface area contributed by atoms with Crippen molar-refractivity contribution in [2.75, 3.05) is 6.61 Å². The highest BCUT2D eigenvalue weighted by molar-refractivity contribution is 5.73. The van der Waals surface area contributed by atoms with Gasteiger partial charge in [-0.05, 0) is 61.7 Å². The van der Waals surface area contributed by atoms with Crippen LogP contribution in [0.1, 0.15) is 52.4 Å². The maximum Gasteiger partial charge on any atom is 0.309 e. The van der Waals surface area contributed by atoms with Gasteiger partial charge in [0.1, 0.15) is 0 Å². The van der Waals surface area contributed by atoms with Crippen LogP contribution in [0.2, 0.25) is 0 Å². The molecule has 18 heavy (non-hydrogen) atoms. The molecular formula is C16H26O2. The lowest BCUT2D eigenvalue weighted by molar-refractivity contribution is -0.163. The summed E-state index contributed by atoms with van der Waals surface area (Å²) in [5, 5.41) is 0. The molecule has 4 fully saturated rings. The Morgan fingerprint density at radius 1 is 1.11 bits per heavy atom. The molecule has 4 aliphatic carbocycles. The summed E-state index contributed by atoms with van der Waals surface area (Å²) in [6, 6.07) is 0. The van der Waals surface area contributed by atoms with Crippen molar-refractivity contribution in [1.29, 1.82) is 0 Å². The zero-order valence-corrected chi connectivity index (χ0v) is 11.7. The molecule has 1 atom stereocenters. The van der Waals surface area contributed by atoms with Crippen molar-refractivity contribution in [2.24, 2.45) is 35.5 Å². The third kappa shape index (κ3) is 2.19. The second kappa shape index (κ2) is 4.86. The topological polar surface area (TPSA) is 26.3 Å². The molecule has 0 saturated heterocycles. The summed E-state index contributed by atoms with van der Waals surface area (Å²) in [7, 11) is 0. The standard InChI is InChI=1S/C16H26O2/c1-3-10(2)9-18-16(17)15-13-5-11-4-12(7-13)8-14(15)6-11/h10-15H,3-9H2,1-2H3. The van der Waals surface area contributed by atoms with Gasteiger partial charge in [-0.3, -0.25) is 4.79 Å². The van der Waals surface area contributed by atoms with Gasteiger partial charge in [0.25, 0.3) is 0 Å². The van der Waals surface area contributed by atoms with Crippen molar-refractivity contribution in [3.63, 3.8) is 0 Å². The van der Waals surface area contributed by atoms with E-state index >= 15 is 0 Å². The number of rotatable bonds is 4. The minimum absolute atomic E-state index is 0.129. The zero-order valence-electron chi connectivity index (χ0n) is 11.7. The molecule has 0 radical (unpaired) electrons. The minimum atomic E-state index is 0.129. The van der Waals surface area contributed by atoms with Crippen molar-refractivity contribution in [3.05, 3.63) is 0 Å². The van der Waals surface area contributed by atoms with Crippen LogP contribution in [0.5, 0.6) is 0 Å². The third-order valence-corrected chi connectivity index (χ3v) is 5.71. The highest BCUT2D eigenvalue weighted by Gasteiger charge is 2.51. The first-order valence-electron chi connectivity index (χ1n) is 7.84. The van der Waals surface area contributed by atoms with Gasteiger partial charge in [-0.2, -0.15) is 0 Å². The number of carbonyl (C=O) groups is 1. The molecular weight excluding hydrogens is 224 g/mol. The van der Waals surface area contributed by atoms with E-state index in [9.17, 15) is 4.79 Å². The molecule has 0 aromatic heterocycles. The van der Waals surface area contributed by atoms with Gasteiger partial charge in [0, 0.05) is 0 Å². The summed E-state index contributed by atoms with van der Waals surface area (Å²) in [5.41, 5.74) is 0. The van der Waals surface area contributed by atoms with Gasteiger partial charge < -0.3 is 4.74 Å².